The molecular formula is C57H39N5. The zero-order valence-electron chi connectivity index (χ0n) is 33.9. The molecule has 5 heteroatoms. The minimum Gasteiger partial charge on any atom is -0.310 e. The van der Waals surface area contributed by atoms with E-state index >= 15 is 0 Å². The zero-order valence-corrected chi connectivity index (χ0v) is 33.9. The molecule has 1 aliphatic carbocycles. The molecule has 3 heterocycles. The van der Waals surface area contributed by atoms with Crippen molar-refractivity contribution in [2.45, 2.75) is 12.8 Å². The van der Waals surface area contributed by atoms with E-state index in [0.717, 1.165) is 46.3 Å². The van der Waals surface area contributed by atoms with Crippen LogP contribution in [0.4, 0.5) is 0 Å². The third-order valence-corrected chi connectivity index (χ3v) is 12.2. The molecular weight excluding hydrogens is 755 g/mol. The van der Waals surface area contributed by atoms with Gasteiger partial charge in [-0.1, -0.05) is 170 Å². The minimum absolute atomic E-state index is 0.618. The van der Waals surface area contributed by atoms with Crippen LogP contribution in [0.3, 0.4) is 0 Å². The quantitative estimate of drug-likeness (QED) is 0.161. The van der Waals surface area contributed by atoms with E-state index in [1.807, 2.05) is 36.4 Å². The van der Waals surface area contributed by atoms with E-state index in [1.54, 1.807) is 0 Å². The Hall–Kier alpha value is -8.15. The third kappa shape index (κ3) is 5.81. The van der Waals surface area contributed by atoms with Crippen molar-refractivity contribution in [3.05, 3.63) is 212 Å². The predicted molar refractivity (Wildman–Crippen MR) is 257 cm³/mol. The van der Waals surface area contributed by atoms with Crippen molar-refractivity contribution in [3.8, 4) is 62.1 Å². The lowest BCUT2D eigenvalue weighted by Gasteiger charge is -2.15. The van der Waals surface area contributed by atoms with Crippen LogP contribution in [0.25, 0.3) is 111 Å². The summed E-state index contributed by atoms with van der Waals surface area (Å²) in [6.45, 7) is 0. The second-order valence-electron chi connectivity index (χ2n) is 15.8. The maximum absolute atomic E-state index is 5.19. The lowest BCUT2D eigenvalue weighted by molar-refractivity contribution is 1.02. The largest absolute Gasteiger partial charge is 0.310 e. The number of hydrogen-bond donors (Lipinski definition) is 0. The van der Waals surface area contributed by atoms with Gasteiger partial charge in [0.05, 0.1) is 27.8 Å². The van der Waals surface area contributed by atoms with Gasteiger partial charge in [-0.05, 0) is 77.6 Å². The summed E-state index contributed by atoms with van der Waals surface area (Å²) in [6, 6.07) is 68.8. The fourth-order valence-electron chi connectivity index (χ4n) is 9.52. The van der Waals surface area contributed by atoms with Crippen LogP contribution in [0, 0.1) is 0 Å². The standard InChI is InChI=1S/C57H39N5/c1-5-20-38(21-6-1)42-30-17-36-50-53(42)54-44(32-19-37-51(54)61(50)41-26-11-4-12-27-41)43-31-18-35-49-52(43)45-28-13-15-33-47(45)62(49)48-34-16-14-29-46(48)57-59-55(39-22-7-2-8-23-39)58-56(60-57)40-24-9-3-10-25-40/h1-3,5-11,13-37H,4,12H2. The molecule has 292 valence electrons. The highest BCUT2D eigenvalue weighted by molar-refractivity contribution is 6.25. The Bertz CT molecular complexity index is 3500. The lowest BCUT2D eigenvalue weighted by Crippen LogP contribution is -2.03. The van der Waals surface area contributed by atoms with Gasteiger partial charge in [-0.2, -0.15) is 0 Å². The summed E-state index contributed by atoms with van der Waals surface area (Å²) >= 11 is 0. The molecule has 3 aromatic heterocycles. The van der Waals surface area contributed by atoms with Crippen molar-refractivity contribution < 1.29 is 0 Å². The van der Waals surface area contributed by atoms with Gasteiger partial charge >= 0.3 is 0 Å². The van der Waals surface area contributed by atoms with E-state index in [0.29, 0.717) is 17.5 Å². The van der Waals surface area contributed by atoms with Gasteiger partial charge in [0.2, 0.25) is 0 Å². The molecule has 0 saturated heterocycles. The topological polar surface area (TPSA) is 48.5 Å². The van der Waals surface area contributed by atoms with Gasteiger partial charge in [-0.15, -0.1) is 0 Å². The van der Waals surface area contributed by atoms with Crippen LogP contribution in [0.1, 0.15) is 12.8 Å². The van der Waals surface area contributed by atoms with Gasteiger partial charge in [0.15, 0.2) is 17.5 Å². The van der Waals surface area contributed by atoms with Crippen LogP contribution in [-0.2, 0) is 0 Å². The summed E-state index contributed by atoms with van der Waals surface area (Å²) in [4.78, 5) is 15.4. The summed E-state index contributed by atoms with van der Waals surface area (Å²) in [5.41, 5.74) is 14.5. The molecule has 5 nitrogen and oxygen atoms in total. The van der Waals surface area contributed by atoms with Crippen molar-refractivity contribution in [2.24, 2.45) is 0 Å². The Kier molecular flexibility index (Phi) is 8.56. The molecule has 0 atom stereocenters. The lowest BCUT2D eigenvalue weighted by atomic mass is 9.92. The number of hydrogen-bond acceptors (Lipinski definition) is 3. The van der Waals surface area contributed by atoms with Crippen LogP contribution in [-0.4, -0.2) is 24.1 Å². The first-order valence-electron chi connectivity index (χ1n) is 21.3. The van der Waals surface area contributed by atoms with Crippen LogP contribution < -0.4 is 0 Å². The highest BCUT2D eigenvalue weighted by Crippen LogP contribution is 2.47. The molecule has 62 heavy (non-hydrogen) atoms. The van der Waals surface area contributed by atoms with Crippen LogP contribution in [0.5, 0.6) is 0 Å². The van der Waals surface area contributed by atoms with Gasteiger partial charge < -0.3 is 9.13 Å². The number of fused-ring (bicyclic) bond motifs is 6. The van der Waals surface area contributed by atoms with Gasteiger partial charge in [0, 0.05) is 43.9 Å². The van der Waals surface area contributed by atoms with Crippen molar-refractivity contribution in [1.82, 2.24) is 24.1 Å². The van der Waals surface area contributed by atoms with E-state index < -0.39 is 0 Å². The number of nitrogens with zero attached hydrogens (tertiary/aromatic N) is 5. The van der Waals surface area contributed by atoms with Gasteiger partial charge in [-0.25, -0.2) is 15.0 Å². The highest BCUT2D eigenvalue weighted by atomic mass is 15.1. The van der Waals surface area contributed by atoms with Crippen LogP contribution >= 0.6 is 0 Å². The first-order valence-corrected chi connectivity index (χ1v) is 21.3. The average Bonchev–Trinajstić information content (AvgIpc) is 3.88. The molecule has 0 aliphatic heterocycles. The van der Waals surface area contributed by atoms with E-state index in [-0.39, 0.29) is 0 Å². The fourth-order valence-corrected chi connectivity index (χ4v) is 9.52. The van der Waals surface area contributed by atoms with Crippen LogP contribution in [0.2, 0.25) is 0 Å². The van der Waals surface area contributed by atoms with E-state index in [1.165, 1.54) is 60.5 Å². The smallest absolute Gasteiger partial charge is 0.166 e. The summed E-state index contributed by atoms with van der Waals surface area (Å²) in [5, 5.41) is 4.89. The SMILES string of the molecule is C1=CC(n2c3cccc(-c4ccccc4)c3c3c(-c4cccc5c4c4ccccc4n5-c4ccccc4-c4nc(-c5ccccc5)nc(-c5ccccc5)n4)cccc32)=CCC1. The second-order valence-corrected chi connectivity index (χ2v) is 15.8. The molecule has 0 fully saturated rings. The molecule has 0 spiro atoms. The van der Waals surface area contributed by atoms with Crippen LogP contribution in [0.15, 0.2) is 212 Å². The van der Waals surface area contributed by atoms with Crippen molar-refractivity contribution in [1.29, 1.82) is 0 Å². The number of benzene rings is 8. The minimum atomic E-state index is 0.618. The second kappa shape index (κ2) is 14.8. The summed E-state index contributed by atoms with van der Waals surface area (Å²) in [6.07, 6.45) is 9.05. The molecule has 1 aliphatic rings. The molecule has 8 aromatic carbocycles. The molecule has 12 rings (SSSR count). The maximum atomic E-state index is 5.19. The summed E-state index contributed by atoms with van der Waals surface area (Å²) < 4.78 is 4.87. The van der Waals surface area contributed by atoms with E-state index in [4.69, 9.17) is 15.0 Å². The third-order valence-electron chi connectivity index (χ3n) is 12.2. The number of rotatable bonds is 7. The van der Waals surface area contributed by atoms with Gasteiger partial charge in [-0.3, -0.25) is 0 Å². The average molecular weight is 794 g/mol. The van der Waals surface area contributed by atoms with Crippen molar-refractivity contribution in [3.63, 3.8) is 0 Å². The fraction of sp³-hybridized carbons (Fsp3) is 0.0351. The zero-order chi connectivity index (χ0) is 41.0. The van der Waals surface area contributed by atoms with Crippen molar-refractivity contribution in [2.75, 3.05) is 0 Å². The summed E-state index contributed by atoms with van der Waals surface area (Å²) in [5.74, 6) is 1.89. The first kappa shape index (κ1) is 35.8. The predicted octanol–water partition coefficient (Wildman–Crippen LogP) is 14.6. The number of aromatic nitrogens is 5. The number of para-hydroxylation sites is 2. The number of allylic oxidation sites excluding steroid dienone is 4. The maximum Gasteiger partial charge on any atom is 0.166 e. The monoisotopic (exact) mass is 793 g/mol. The normalized spacial score (nSPS) is 12.7. The first-order chi connectivity index (χ1) is 30.8. The van der Waals surface area contributed by atoms with E-state index in [2.05, 4.69) is 185 Å². The highest BCUT2D eigenvalue weighted by Gasteiger charge is 2.24. The summed E-state index contributed by atoms with van der Waals surface area (Å²) in [7, 11) is 0. The molecule has 11 aromatic rings. The van der Waals surface area contributed by atoms with Gasteiger partial charge in [0.25, 0.3) is 0 Å². The molecule has 0 N–H and O–H groups in total. The van der Waals surface area contributed by atoms with Gasteiger partial charge in [0.1, 0.15) is 0 Å². The Morgan fingerprint density at radius 3 is 1.47 bits per heavy atom. The molecule has 0 amide bonds. The Labute approximate surface area is 359 Å². The molecule has 0 saturated carbocycles. The Morgan fingerprint density at radius 2 is 0.823 bits per heavy atom. The molecule has 0 unspecified atom stereocenters. The van der Waals surface area contributed by atoms with E-state index in [9.17, 15) is 0 Å². The Morgan fingerprint density at radius 1 is 0.339 bits per heavy atom. The molecule has 0 radical (unpaired) electrons. The molecule has 0 bridgehead atoms. The Balaban J connectivity index is 1.14. The van der Waals surface area contributed by atoms with Crippen molar-refractivity contribution >= 4 is 49.3 Å².